The average molecular weight is 476 g/mol. The number of phenols is 1. The number of aromatic hydroxyl groups is 1. The van der Waals surface area contributed by atoms with E-state index in [4.69, 9.17) is 10.1 Å². The number of phenolic OH excluding ortho intramolecular Hbond substituents is 1. The zero-order chi connectivity index (χ0) is 24.9. The lowest BCUT2D eigenvalue weighted by molar-refractivity contribution is -0.253. The van der Waals surface area contributed by atoms with E-state index in [-0.39, 0.29) is 12.2 Å². The van der Waals surface area contributed by atoms with Crippen molar-refractivity contribution in [2.75, 3.05) is 31.1 Å². The first-order valence-electron chi connectivity index (χ1n) is 10.9. The number of fused-ring (bicyclic) bond motifs is 1. The number of aromatic nitrogens is 2. The molecule has 0 radical (unpaired) electrons. The summed E-state index contributed by atoms with van der Waals surface area (Å²) in [6.07, 6.45) is -3.92. The molecule has 0 bridgehead atoms. The third-order valence-corrected chi connectivity index (χ3v) is 5.79. The summed E-state index contributed by atoms with van der Waals surface area (Å²) in [7, 11) is 0. The summed E-state index contributed by atoms with van der Waals surface area (Å²) < 4.78 is 34.8. The van der Waals surface area contributed by atoms with Crippen LogP contribution in [-0.4, -0.2) is 69.4 Å². The summed E-state index contributed by atoms with van der Waals surface area (Å²) >= 11 is 0. The third-order valence-electron chi connectivity index (χ3n) is 5.79. The Kier molecular flexibility index (Phi) is 7.61. The minimum atomic E-state index is -4.50. The van der Waals surface area contributed by atoms with Crippen LogP contribution in [0, 0.1) is 0 Å². The molecule has 0 saturated carbocycles. The number of hydrogen-bond donors (Lipinski definition) is 2. The van der Waals surface area contributed by atoms with Crippen molar-refractivity contribution in [3.63, 3.8) is 0 Å². The van der Waals surface area contributed by atoms with E-state index < -0.39 is 11.8 Å². The predicted octanol–water partition coefficient (Wildman–Crippen LogP) is 3.99. The van der Waals surface area contributed by atoms with E-state index in [1.165, 1.54) is 6.92 Å². The molecule has 1 saturated heterocycles. The molecule has 3 aromatic rings. The summed E-state index contributed by atoms with van der Waals surface area (Å²) in [6.45, 7) is 4.84. The minimum Gasteiger partial charge on any atom is -0.507 e. The van der Waals surface area contributed by atoms with Gasteiger partial charge in [-0.25, -0.2) is 9.97 Å². The molecule has 1 aromatic heterocycles. The minimum absolute atomic E-state index is 0.162. The molecule has 4 rings (SSSR count). The number of amides is 1. The zero-order valence-corrected chi connectivity index (χ0v) is 19.0. The highest BCUT2D eigenvalue weighted by Gasteiger charge is 2.48. The number of carbonyl (C=O) groups is 1. The second kappa shape index (κ2) is 10.3. The molecule has 0 aliphatic carbocycles. The van der Waals surface area contributed by atoms with E-state index in [0.29, 0.717) is 24.5 Å². The maximum atomic E-state index is 11.6. The molecule has 1 fully saturated rings. The lowest BCUT2D eigenvalue weighted by Crippen LogP contribution is -2.46. The molecule has 2 aromatic carbocycles. The van der Waals surface area contributed by atoms with Gasteiger partial charge in [0.05, 0.1) is 11.1 Å². The Bertz CT molecular complexity index is 1130. The Morgan fingerprint density at radius 3 is 2.18 bits per heavy atom. The number of carbonyl (C=O) groups excluding carboxylic acids is 1. The van der Waals surface area contributed by atoms with Crippen LogP contribution < -0.4 is 4.90 Å². The monoisotopic (exact) mass is 476 g/mol. The van der Waals surface area contributed by atoms with E-state index in [2.05, 4.69) is 9.88 Å². The number of benzene rings is 2. The van der Waals surface area contributed by atoms with E-state index in [1.54, 1.807) is 17.0 Å². The van der Waals surface area contributed by atoms with Crippen molar-refractivity contribution in [1.82, 2.24) is 14.9 Å². The first kappa shape index (κ1) is 25.2. The number of alkyl halides is 3. The van der Waals surface area contributed by atoms with Crippen LogP contribution in [0.15, 0.2) is 48.5 Å². The van der Waals surface area contributed by atoms with Gasteiger partial charge in [-0.2, -0.15) is 13.2 Å². The van der Waals surface area contributed by atoms with Crippen LogP contribution in [0.4, 0.5) is 19.0 Å². The third kappa shape index (κ3) is 5.56. The fourth-order valence-corrected chi connectivity index (χ4v) is 3.32. The van der Waals surface area contributed by atoms with Crippen LogP contribution in [0.2, 0.25) is 0 Å². The van der Waals surface area contributed by atoms with Crippen molar-refractivity contribution in [3.05, 3.63) is 48.5 Å². The van der Waals surface area contributed by atoms with Crippen molar-refractivity contribution < 1.29 is 28.2 Å². The van der Waals surface area contributed by atoms with Crippen LogP contribution in [-0.2, 0) is 4.79 Å². The van der Waals surface area contributed by atoms with Crippen molar-refractivity contribution >= 4 is 23.1 Å². The van der Waals surface area contributed by atoms with Crippen molar-refractivity contribution in [2.45, 2.75) is 32.0 Å². The maximum Gasteiger partial charge on any atom is 0.416 e. The number of anilines is 1. The van der Waals surface area contributed by atoms with Gasteiger partial charge in [0.25, 0.3) is 0 Å². The smallest absolute Gasteiger partial charge is 0.416 e. The van der Waals surface area contributed by atoms with Gasteiger partial charge in [-0.1, -0.05) is 31.2 Å². The summed E-state index contributed by atoms with van der Waals surface area (Å²) in [5, 5.41) is 19.7. The Hall–Kier alpha value is -3.40. The summed E-state index contributed by atoms with van der Waals surface area (Å²) in [6, 6.07) is 14.9. The zero-order valence-electron chi connectivity index (χ0n) is 19.0. The Balaban J connectivity index is 0.000000309. The average Bonchev–Trinajstić information content (AvgIpc) is 2.83. The highest BCUT2D eigenvalue weighted by Crippen LogP contribution is 2.32. The van der Waals surface area contributed by atoms with Gasteiger partial charge >= 0.3 is 6.18 Å². The first-order chi connectivity index (χ1) is 16.1. The molecule has 10 heteroatoms. The van der Waals surface area contributed by atoms with Crippen LogP contribution in [0.5, 0.6) is 5.75 Å². The molecule has 1 atom stereocenters. The number of halogens is 3. The molecule has 1 aliphatic heterocycles. The SMILES string of the molecule is CCC(C)(O)C(F)(F)F.O=CN1CCN(c2nc(-c3ccccc3O)nc3ccccc23)CC1. The Labute approximate surface area is 195 Å². The second-order valence-corrected chi connectivity index (χ2v) is 8.16. The second-order valence-electron chi connectivity index (χ2n) is 8.16. The molecule has 2 heterocycles. The molecule has 0 spiro atoms. The summed E-state index contributed by atoms with van der Waals surface area (Å²) in [5.41, 5.74) is -1.07. The lowest BCUT2D eigenvalue weighted by Gasteiger charge is -2.34. The highest BCUT2D eigenvalue weighted by atomic mass is 19.4. The van der Waals surface area contributed by atoms with Gasteiger partial charge in [0.1, 0.15) is 11.6 Å². The van der Waals surface area contributed by atoms with E-state index >= 15 is 0 Å². The molecule has 1 amide bonds. The molecule has 2 N–H and O–H groups in total. The predicted molar refractivity (Wildman–Crippen MR) is 123 cm³/mol. The van der Waals surface area contributed by atoms with Gasteiger partial charge < -0.3 is 20.0 Å². The molecular formula is C24H27F3N4O3. The van der Waals surface area contributed by atoms with Crippen molar-refractivity contribution in [2.24, 2.45) is 0 Å². The lowest BCUT2D eigenvalue weighted by atomic mass is 10.0. The number of rotatable bonds is 4. The maximum absolute atomic E-state index is 11.6. The molecule has 182 valence electrons. The topological polar surface area (TPSA) is 89.8 Å². The Morgan fingerprint density at radius 1 is 1.00 bits per heavy atom. The van der Waals surface area contributed by atoms with E-state index in [0.717, 1.165) is 43.1 Å². The Morgan fingerprint density at radius 2 is 1.62 bits per heavy atom. The molecule has 34 heavy (non-hydrogen) atoms. The van der Waals surface area contributed by atoms with Gasteiger partial charge in [0, 0.05) is 31.6 Å². The number of hydrogen-bond acceptors (Lipinski definition) is 6. The largest absolute Gasteiger partial charge is 0.507 e. The number of para-hydroxylation sites is 2. The van der Waals surface area contributed by atoms with Crippen LogP contribution in [0.25, 0.3) is 22.3 Å². The molecule has 1 unspecified atom stereocenters. The van der Waals surface area contributed by atoms with Crippen LogP contribution >= 0.6 is 0 Å². The van der Waals surface area contributed by atoms with Gasteiger partial charge in [0.2, 0.25) is 6.41 Å². The number of piperazine rings is 1. The number of aliphatic hydroxyl groups is 1. The molecular weight excluding hydrogens is 449 g/mol. The molecule has 1 aliphatic rings. The summed E-state index contributed by atoms with van der Waals surface area (Å²) in [4.78, 5) is 24.3. The molecule has 7 nitrogen and oxygen atoms in total. The van der Waals surface area contributed by atoms with Gasteiger partial charge in [0.15, 0.2) is 11.4 Å². The van der Waals surface area contributed by atoms with Gasteiger partial charge in [-0.05, 0) is 37.6 Å². The first-order valence-corrected chi connectivity index (χ1v) is 10.9. The highest BCUT2D eigenvalue weighted by molar-refractivity contribution is 5.91. The quantitative estimate of drug-likeness (QED) is 0.554. The van der Waals surface area contributed by atoms with Crippen LogP contribution in [0.1, 0.15) is 20.3 Å². The number of nitrogens with zero attached hydrogens (tertiary/aromatic N) is 4. The fraction of sp³-hybridized carbons (Fsp3) is 0.375. The van der Waals surface area contributed by atoms with E-state index in [1.807, 2.05) is 36.4 Å². The van der Waals surface area contributed by atoms with E-state index in [9.17, 15) is 23.1 Å². The standard InChI is InChI=1S/C19H18N4O2.C5H9F3O/c24-13-22-9-11-23(12-10-22)19-14-5-1-3-7-16(14)20-18(21-19)15-6-2-4-8-17(15)25;1-3-4(2,9)5(6,7)8/h1-8,13,25H,9-12H2;9H,3H2,1-2H3. The van der Waals surface area contributed by atoms with Crippen LogP contribution in [0.3, 0.4) is 0 Å². The normalized spacial score (nSPS) is 15.9. The summed E-state index contributed by atoms with van der Waals surface area (Å²) in [5.74, 6) is 1.51. The fourth-order valence-electron chi connectivity index (χ4n) is 3.32. The van der Waals surface area contributed by atoms with Gasteiger partial charge in [-0.3, -0.25) is 4.79 Å². The van der Waals surface area contributed by atoms with Gasteiger partial charge in [-0.15, -0.1) is 0 Å². The van der Waals surface area contributed by atoms with Crippen molar-refractivity contribution in [1.29, 1.82) is 0 Å². The van der Waals surface area contributed by atoms with Crippen molar-refractivity contribution in [3.8, 4) is 17.1 Å².